The van der Waals surface area contributed by atoms with Crippen LogP contribution in [0.15, 0.2) is 59.6 Å². The van der Waals surface area contributed by atoms with Crippen LogP contribution in [0.3, 0.4) is 0 Å². The molecule has 0 aromatic heterocycles. The molecule has 2 N–H and O–H groups in total. The van der Waals surface area contributed by atoms with Gasteiger partial charge >= 0.3 is 0 Å². The molecule has 2 aromatic carbocycles. The first kappa shape index (κ1) is 26.7. The predicted molar refractivity (Wildman–Crippen MR) is 142 cm³/mol. The number of anilines is 1. The number of halogens is 1. The number of benzene rings is 2. The third-order valence-electron chi connectivity index (χ3n) is 4.97. The Balaban J connectivity index is 0.00000480. The highest BCUT2D eigenvalue weighted by atomic mass is 127. The average Bonchev–Trinajstić information content (AvgIpc) is 2.76. The maximum absolute atomic E-state index is 12.1. The molecule has 0 radical (unpaired) electrons. The van der Waals surface area contributed by atoms with Gasteiger partial charge in [-0.05, 0) is 50.1 Å². The number of hydrogen-bond acceptors (Lipinski definition) is 3. The normalized spacial score (nSPS) is 11.8. The lowest BCUT2D eigenvalue weighted by Crippen LogP contribution is -2.40. The fourth-order valence-electron chi connectivity index (χ4n) is 3.05. The van der Waals surface area contributed by atoms with E-state index in [2.05, 4.69) is 66.8 Å². The smallest absolute Gasteiger partial charge is 0.253 e. The first-order valence-corrected chi connectivity index (χ1v) is 10.5. The number of hydrogen-bond donors (Lipinski definition) is 2. The van der Waals surface area contributed by atoms with Crippen molar-refractivity contribution in [3.05, 3.63) is 65.7 Å². The van der Waals surface area contributed by atoms with E-state index in [0.717, 1.165) is 36.6 Å². The van der Waals surface area contributed by atoms with E-state index < -0.39 is 0 Å². The average molecular weight is 537 g/mol. The molecule has 0 saturated carbocycles. The van der Waals surface area contributed by atoms with E-state index in [0.29, 0.717) is 6.54 Å². The van der Waals surface area contributed by atoms with Gasteiger partial charge in [0.15, 0.2) is 5.96 Å². The van der Waals surface area contributed by atoms with E-state index in [-0.39, 0.29) is 35.9 Å². The second-order valence-electron chi connectivity index (χ2n) is 7.59. The minimum Gasteiger partial charge on any atom is -0.370 e. The summed E-state index contributed by atoms with van der Waals surface area (Å²) in [6.07, 6.45) is 0.818. The molecule has 6 nitrogen and oxygen atoms in total. The Morgan fingerprint density at radius 1 is 1.03 bits per heavy atom. The van der Waals surface area contributed by atoms with Crippen LogP contribution in [0.25, 0.3) is 0 Å². The number of guanidine groups is 1. The van der Waals surface area contributed by atoms with Gasteiger partial charge < -0.3 is 20.4 Å². The zero-order valence-corrected chi connectivity index (χ0v) is 21.6. The second-order valence-corrected chi connectivity index (χ2v) is 7.59. The molecule has 0 heterocycles. The zero-order valence-electron chi connectivity index (χ0n) is 19.3. The summed E-state index contributed by atoms with van der Waals surface area (Å²) in [6, 6.07) is 18.4. The van der Waals surface area contributed by atoms with Gasteiger partial charge in [-0.15, -0.1) is 24.0 Å². The van der Waals surface area contributed by atoms with E-state index in [1.807, 2.05) is 24.3 Å². The Kier molecular flexibility index (Phi) is 12.0. The monoisotopic (exact) mass is 537 g/mol. The lowest BCUT2D eigenvalue weighted by atomic mass is 10.1. The molecule has 2 rings (SSSR count). The summed E-state index contributed by atoms with van der Waals surface area (Å²) in [6.45, 7) is 6.48. The number of nitrogens with one attached hydrogen (secondary N) is 2. The van der Waals surface area contributed by atoms with Crippen LogP contribution in [0.1, 0.15) is 29.8 Å². The number of nitrogens with zero attached hydrogens (tertiary/aromatic N) is 3. The van der Waals surface area contributed by atoms with Crippen molar-refractivity contribution in [2.45, 2.75) is 26.3 Å². The van der Waals surface area contributed by atoms with Crippen molar-refractivity contribution in [1.82, 2.24) is 15.5 Å². The minimum absolute atomic E-state index is 0. The standard InChI is InChI=1S/C24H35N5O.HI/c1-6-25-24(27-18-19(2)29(5)22-13-8-7-9-14-22)26-16-15-20-11-10-12-21(17-20)23(30)28(3)4;/h7-14,17,19H,6,15-16,18H2,1-5H3,(H2,25,26,27);1H. The summed E-state index contributed by atoms with van der Waals surface area (Å²) in [5, 5.41) is 6.71. The van der Waals surface area contributed by atoms with E-state index in [1.54, 1.807) is 19.0 Å². The Morgan fingerprint density at radius 3 is 2.39 bits per heavy atom. The third kappa shape index (κ3) is 8.77. The van der Waals surface area contributed by atoms with E-state index in [9.17, 15) is 4.79 Å². The molecule has 1 amide bonds. The van der Waals surface area contributed by atoms with Crippen LogP contribution >= 0.6 is 24.0 Å². The Bertz CT molecular complexity index is 826. The SMILES string of the molecule is CCNC(=NCC(C)N(C)c1ccccc1)NCCc1cccc(C(=O)N(C)C)c1.I. The first-order valence-electron chi connectivity index (χ1n) is 10.5. The molecule has 0 aliphatic rings. The van der Waals surface area contributed by atoms with Gasteiger partial charge in [0.1, 0.15) is 0 Å². The summed E-state index contributed by atoms with van der Waals surface area (Å²) < 4.78 is 0. The van der Waals surface area contributed by atoms with Crippen LogP contribution < -0.4 is 15.5 Å². The zero-order chi connectivity index (χ0) is 21.9. The fourth-order valence-corrected chi connectivity index (χ4v) is 3.05. The molecule has 1 unspecified atom stereocenters. The van der Waals surface area contributed by atoms with Gasteiger partial charge in [0, 0.05) is 51.5 Å². The van der Waals surface area contributed by atoms with Crippen LogP contribution in [-0.4, -0.2) is 63.6 Å². The molecule has 0 saturated heterocycles. The van der Waals surface area contributed by atoms with E-state index >= 15 is 0 Å². The predicted octanol–water partition coefficient (Wildman–Crippen LogP) is 3.63. The Hall–Kier alpha value is -2.29. The molecule has 0 bridgehead atoms. The minimum atomic E-state index is 0. The molecule has 2 aromatic rings. The number of carbonyl (C=O) groups is 1. The Labute approximate surface area is 204 Å². The van der Waals surface area contributed by atoms with Crippen LogP contribution in [0.5, 0.6) is 0 Å². The highest BCUT2D eigenvalue weighted by molar-refractivity contribution is 14.0. The third-order valence-corrected chi connectivity index (χ3v) is 4.97. The van der Waals surface area contributed by atoms with Crippen molar-refractivity contribution in [2.24, 2.45) is 4.99 Å². The number of aliphatic imine (C=N–C) groups is 1. The summed E-state index contributed by atoms with van der Waals surface area (Å²) in [5.41, 5.74) is 3.03. The molecular weight excluding hydrogens is 501 g/mol. The van der Waals surface area contributed by atoms with Gasteiger partial charge in [0.2, 0.25) is 0 Å². The van der Waals surface area contributed by atoms with Crippen molar-refractivity contribution < 1.29 is 4.79 Å². The van der Waals surface area contributed by atoms with Crippen molar-refractivity contribution in [3.8, 4) is 0 Å². The lowest BCUT2D eigenvalue weighted by Gasteiger charge is -2.26. The first-order chi connectivity index (χ1) is 14.4. The van der Waals surface area contributed by atoms with E-state index in [4.69, 9.17) is 4.99 Å². The number of likely N-dealkylation sites (N-methyl/N-ethyl adjacent to an activating group) is 1. The molecule has 0 aliphatic carbocycles. The van der Waals surface area contributed by atoms with Crippen LogP contribution in [-0.2, 0) is 6.42 Å². The number of amides is 1. The fraction of sp³-hybridized carbons (Fsp3) is 0.417. The highest BCUT2D eigenvalue weighted by Gasteiger charge is 2.10. The summed E-state index contributed by atoms with van der Waals surface area (Å²) in [5.74, 6) is 0.836. The number of carbonyl (C=O) groups excluding carboxylic acids is 1. The van der Waals surface area contributed by atoms with Gasteiger partial charge in [0.25, 0.3) is 5.91 Å². The van der Waals surface area contributed by atoms with Crippen LogP contribution in [0.4, 0.5) is 5.69 Å². The summed E-state index contributed by atoms with van der Waals surface area (Å²) in [7, 11) is 5.63. The second kappa shape index (κ2) is 13.9. The van der Waals surface area contributed by atoms with Gasteiger partial charge in [-0.25, -0.2) is 0 Å². The van der Waals surface area contributed by atoms with Crippen molar-refractivity contribution in [2.75, 3.05) is 45.7 Å². The molecule has 0 fully saturated rings. The van der Waals surface area contributed by atoms with Crippen molar-refractivity contribution in [3.63, 3.8) is 0 Å². The van der Waals surface area contributed by atoms with Crippen LogP contribution in [0.2, 0.25) is 0 Å². The van der Waals surface area contributed by atoms with Gasteiger partial charge in [-0.1, -0.05) is 30.3 Å². The number of rotatable bonds is 9. The molecule has 31 heavy (non-hydrogen) atoms. The topological polar surface area (TPSA) is 60.0 Å². The molecular formula is C24H36IN5O. The van der Waals surface area contributed by atoms with E-state index in [1.165, 1.54) is 5.69 Å². The summed E-state index contributed by atoms with van der Waals surface area (Å²) >= 11 is 0. The molecule has 170 valence electrons. The molecule has 1 atom stereocenters. The van der Waals surface area contributed by atoms with Crippen molar-refractivity contribution >= 4 is 41.5 Å². The highest BCUT2D eigenvalue weighted by Crippen LogP contribution is 2.14. The van der Waals surface area contributed by atoms with Crippen molar-refractivity contribution in [1.29, 1.82) is 0 Å². The van der Waals surface area contributed by atoms with Gasteiger partial charge in [-0.2, -0.15) is 0 Å². The Morgan fingerprint density at radius 2 is 1.74 bits per heavy atom. The van der Waals surface area contributed by atoms with Gasteiger partial charge in [-0.3, -0.25) is 9.79 Å². The van der Waals surface area contributed by atoms with Crippen LogP contribution in [0, 0.1) is 0 Å². The maximum atomic E-state index is 12.1. The molecule has 7 heteroatoms. The van der Waals surface area contributed by atoms with Gasteiger partial charge in [0.05, 0.1) is 6.54 Å². The lowest BCUT2D eigenvalue weighted by molar-refractivity contribution is 0.0827. The largest absolute Gasteiger partial charge is 0.370 e. The number of para-hydroxylation sites is 1. The quantitative estimate of drug-likeness (QED) is 0.292. The molecule has 0 spiro atoms. The molecule has 0 aliphatic heterocycles. The summed E-state index contributed by atoms with van der Waals surface area (Å²) in [4.78, 5) is 20.7. The maximum Gasteiger partial charge on any atom is 0.253 e.